The highest BCUT2D eigenvalue weighted by Crippen LogP contribution is 2.35. The third-order valence-electron chi connectivity index (χ3n) is 4.67. The molecule has 1 saturated heterocycles. The van der Waals surface area contributed by atoms with Gasteiger partial charge in [0.25, 0.3) is 0 Å². The maximum Gasteiger partial charge on any atom is 0.324 e. The van der Waals surface area contributed by atoms with Crippen molar-refractivity contribution in [3.63, 3.8) is 0 Å². The standard InChI is InChI=1S/C19H19ClN6O2S2/c1-10-15(13-9-29-17(24-13)23-12-5-2-4-11(20)8-12)30-18(22-10)25-19(28)26-7-3-6-14(26)16(21)27/h2,4-5,8-9,14H,3,6-7H2,1H3,(H2,21,27)(H,23,24)(H,22,25,28)/t14-/m0/s1. The lowest BCUT2D eigenvalue weighted by Crippen LogP contribution is -2.45. The van der Waals surface area contributed by atoms with Crippen LogP contribution in [0.4, 0.5) is 20.7 Å². The predicted octanol–water partition coefficient (Wildman–Crippen LogP) is 4.45. The Morgan fingerprint density at radius 2 is 2.13 bits per heavy atom. The fourth-order valence-electron chi connectivity index (χ4n) is 3.28. The van der Waals surface area contributed by atoms with Gasteiger partial charge in [-0.1, -0.05) is 29.0 Å². The van der Waals surface area contributed by atoms with Crippen LogP contribution in [0.5, 0.6) is 0 Å². The van der Waals surface area contributed by atoms with Gasteiger partial charge in [-0.15, -0.1) is 11.3 Å². The lowest BCUT2D eigenvalue weighted by molar-refractivity contribution is -0.121. The first-order chi connectivity index (χ1) is 14.4. The molecule has 3 amide bonds. The summed E-state index contributed by atoms with van der Waals surface area (Å²) >= 11 is 8.83. The van der Waals surface area contributed by atoms with E-state index in [1.54, 1.807) is 0 Å². The van der Waals surface area contributed by atoms with E-state index < -0.39 is 11.9 Å². The molecule has 3 aromatic rings. The fraction of sp³-hybridized carbons (Fsp3) is 0.263. The molecule has 0 spiro atoms. The first-order valence-electron chi connectivity index (χ1n) is 9.23. The molecule has 4 N–H and O–H groups in total. The highest BCUT2D eigenvalue weighted by atomic mass is 35.5. The number of hydrogen-bond acceptors (Lipinski definition) is 7. The number of benzene rings is 1. The number of amides is 3. The number of nitrogens with zero attached hydrogens (tertiary/aromatic N) is 3. The molecule has 1 aromatic carbocycles. The molecule has 4 rings (SSSR count). The summed E-state index contributed by atoms with van der Waals surface area (Å²) in [7, 11) is 0. The average Bonchev–Trinajstić information content (AvgIpc) is 3.41. The molecule has 1 atom stereocenters. The van der Waals surface area contributed by atoms with E-state index >= 15 is 0 Å². The van der Waals surface area contributed by atoms with Crippen molar-refractivity contribution >= 4 is 62.2 Å². The third-order valence-corrected chi connectivity index (χ3v) is 6.75. The molecule has 11 heteroatoms. The zero-order chi connectivity index (χ0) is 21.3. The van der Waals surface area contributed by atoms with E-state index in [4.69, 9.17) is 17.3 Å². The molecule has 30 heavy (non-hydrogen) atoms. The fourth-order valence-corrected chi connectivity index (χ4v) is 5.18. The zero-order valence-electron chi connectivity index (χ0n) is 16.0. The van der Waals surface area contributed by atoms with Gasteiger partial charge < -0.3 is 16.0 Å². The zero-order valence-corrected chi connectivity index (χ0v) is 18.4. The van der Waals surface area contributed by atoms with E-state index in [0.29, 0.717) is 23.1 Å². The van der Waals surface area contributed by atoms with Gasteiger partial charge in [0.1, 0.15) is 6.04 Å². The van der Waals surface area contributed by atoms with Crippen LogP contribution >= 0.6 is 34.3 Å². The molecule has 0 unspecified atom stereocenters. The maximum absolute atomic E-state index is 12.6. The van der Waals surface area contributed by atoms with E-state index in [0.717, 1.165) is 33.5 Å². The molecule has 0 saturated carbocycles. The monoisotopic (exact) mass is 462 g/mol. The number of rotatable bonds is 5. The van der Waals surface area contributed by atoms with Crippen molar-refractivity contribution in [1.82, 2.24) is 14.9 Å². The number of carbonyl (C=O) groups excluding carboxylic acids is 2. The van der Waals surface area contributed by atoms with Crippen molar-refractivity contribution < 1.29 is 9.59 Å². The van der Waals surface area contributed by atoms with Crippen molar-refractivity contribution in [3.8, 4) is 10.6 Å². The van der Waals surface area contributed by atoms with Crippen molar-refractivity contribution in [1.29, 1.82) is 0 Å². The molecule has 1 fully saturated rings. The smallest absolute Gasteiger partial charge is 0.324 e. The first-order valence-corrected chi connectivity index (χ1v) is 11.3. The van der Waals surface area contributed by atoms with Gasteiger partial charge in [-0.2, -0.15) is 0 Å². The minimum absolute atomic E-state index is 0.363. The van der Waals surface area contributed by atoms with Gasteiger partial charge in [0.2, 0.25) is 5.91 Å². The highest BCUT2D eigenvalue weighted by molar-refractivity contribution is 7.20. The highest BCUT2D eigenvalue weighted by Gasteiger charge is 2.33. The molecule has 0 bridgehead atoms. The Morgan fingerprint density at radius 3 is 2.90 bits per heavy atom. The van der Waals surface area contributed by atoms with E-state index in [2.05, 4.69) is 20.6 Å². The van der Waals surface area contributed by atoms with Gasteiger partial charge >= 0.3 is 6.03 Å². The van der Waals surface area contributed by atoms with Crippen LogP contribution in [0.25, 0.3) is 10.6 Å². The molecule has 2 aromatic heterocycles. The van der Waals surface area contributed by atoms with Crippen LogP contribution in [0.15, 0.2) is 29.6 Å². The van der Waals surface area contributed by atoms with Gasteiger partial charge in [-0.25, -0.2) is 14.8 Å². The van der Waals surface area contributed by atoms with Gasteiger partial charge in [0.15, 0.2) is 10.3 Å². The molecule has 1 aliphatic heterocycles. The Kier molecular flexibility index (Phi) is 5.89. The van der Waals surface area contributed by atoms with Gasteiger partial charge in [-0.05, 0) is 38.0 Å². The number of thiazole rings is 2. The summed E-state index contributed by atoms with van der Waals surface area (Å²) in [6.45, 7) is 2.37. The number of aromatic nitrogens is 2. The van der Waals surface area contributed by atoms with Gasteiger partial charge in [0, 0.05) is 22.6 Å². The van der Waals surface area contributed by atoms with E-state index in [1.165, 1.54) is 27.6 Å². The summed E-state index contributed by atoms with van der Waals surface area (Å²) in [4.78, 5) is 35.5. The molecular weight excluding hydrogens is 444 g/mol. The quantitative estimate of drug-likeness (QED) is 0.518. The van der Waals surface area contributed by atoms with Crippen LogP contribution in [0.3, 0.4) is 0 Å². The van der Waals surface area contributed by atoms with Crippen LogP contribution in [-0.4, -0.2) is 39.4 Å². The number of halogens is 1. The number of urea groups is 1. The minimum atomic E-state index is -0.566. The molecular formula is C19H19ClN6O2S2. The normalized spacial score (nSPS) is 15.9. The predicted molar refractivity (Wildman–Crippen MR) is 121 cm³/mol. The topological polar surface area (TPSA) is 113 Å². The number of hydrogen-bond donors (Lipinski definition) is 3. The van der Waals surface area contributed by atoms with Crippen LogP contribution in [0.2, 0.25) is 5.02 Å². The number of primary amides is 1. The second-order valence-corrected chi connectivity index (χ2v) is 9.08. The van der Waals surface area contributed by atoms with E-state index in [9.17, 15) is 9.59 Å². The molecule has 3 heterocycles. The Labute approximate surface area is 186 Å². The van der Waals surface area contributed by atoms with Crippen LogP contribution < -0.4 is 16.4 Å². The number of aryl methyl sites for hydroxylation is 1. The van der Waals surface area contributed by atoms with Crippen molar-refractivity contribution in [3.05, 3.63) is 40.4 Å². The third kappa shape index (κ3) is 4.40. The van der Waals surface area contributed by atoms with Crippen LogP contribution in [0.1, 0.15) is 18.5 Å². The molecule has 156 valence electrons. The summed E-state index contributed by atoms with van der Waals surface area (Å²) in [6, 6.07) is 6.49. The Morgan fingerprint density at radius 1 is 1.30 bits per heavy atom. The number of likely N-dealkylation sites (tertiary alicyclic amines) is 1. The van der Waals surface area contributed by atoms with Crippen molar-refractivity contribution in [2.45, 2.75) is 25.8 Å². The van der Waals surface area contributed by atoms with Crippen molar-refractivity contribution in [2.75, 3.05) is 17.2 Å². The van der Waals surface area contributed by atoms with Crippen LogP contribution in [-0.2, 0) is 4.79 Å². The first kappa shape index (κ1) is 20.6. The van der Waals surface area contributed by atoms with Gasteiger partial charge in [-0.3, -0.25) is 10.1 Å². The SMILES string of the molecule is Cc1nc(NC(=O)N2CCC[C@H]2C(N)=O)sc1-c1csc(Nc2cccc(Cl)c2)n1. The molecule has 0 aliphatic carbocycles. The Hall–Kier alpha value is -2.69. The maximum atomic E-state index is 12.6. The van der Waals surface area contributed by atoms with E-state index in [-0.39, 0.29) is 6.03 Å². The second-order valence-electron chi connectivity index (χ2n) is 6.79. The number of nitrogens with two attached hydrogens (primary N) is 1. The lowest BCUT2D eigenvalue weighted by Gasteiger charge is -2.21. The van der Waals surface area contributed by atoms with Crippen molar-refractivity contribution in [2.24, 2.45) is 5.73 Å². The largest absolute Gasteiger partial charge is 0.368 e. The second kappa shape index (κ2) is 8.58. The summed E-state index contributed by atoms with van der Waals surface area (Å²) in [5.41, 5.74) is 7.79. The number of anilines is 3. The van der Waals surface area contributed by atoms with Gasteiger partial charge in [0.05, 0.1) is 16.3 Å². The van der Waals surface area contributed by atoms with E-state index in [1.807, 2.05) is 36.6 Å². The number of nitrogens with one attached hydrogen (secondary N) is 2. The lowest BCUT2D eigenvalue weighted by atomic mass is 10.2. The van der Waals surface area contributed by atoms with Crippen LogP contribution in [0, 0.1) is 6.92 Å². The molecule has 0 radical (unpaired) electrons. The summed E-state index contributed by atoms with van der Waals surface area (Å²) in [5.74, 6) is -0.485. The molecule has 1 aliphatic rings. The summed E-state index contributed by atoms with van der Waals surface area (Å²) in [5, 5.41) is 9.78. The average molecular weight is 463 g/mol. The summed E-state index contributed by atoms with van der Waals surface area (Å²) in [6.07, 6.45) is 1.34. The molecule has 8 nitrogen and oxygen atoms in total. The number of carbonyl (C=O) groups is 2. The summed E-state index contributed by atoms with van der Waals surface area (Å²) < 4.78 is 0. The minimum Gasteiger partial charge on any atom is -0.368 e. The Balaban J connectivity index is 1.47. The Bertz CT molecular complexity index is 1100.